The van der Waals surface area contributed by atoms with Gasteiger partial charge in [0.1, 0.15) is 24.4 Å². The van der Waals surface area contributed by atoms with Gasteiger partial charge in [-0.05, 0) is 32.8 Å². The van der Waals surface area contributed by atoms with Gasteiger partial charge in [-0.1, -0.05) is 30.3 Å². The van der Waals surface area contributed by atoms with Crippen LogP contribution in [0, 0.1) is 5.92 Å². The molecule has 6 heteroatoms. The summed E-state index contributed by atoms with van der Waals surface area (Å²) in [6.07, 6.45) is 0.111. The van der Waals surface area contributed by atoms with Crippen molar-refractivity contribution in [2.45, 2.75) is 39.4 Å². The Hall–Kier alpha value is -2.37. The van der Waals surface area contributed by atoms with Crippen molar-refractivity contribution < 1.29 is 23.9 Å². The lowest BCUT2D eigenvalue weighted by atomic mass is 10.1. The van der Waals surface area contributed by atoms with E-state index in [1.807, 2.05) is 30.3 Å². The zero-order valence-corrected chi connectivity index (χ0v) is 13.7. The molecular formula is C17H23NO5. The molecule has 1 atom stereocenters. The normalized spacial score (nSPS) is 12.1. The Balaban J connectivity index is 2.34. The van der Waals surface area contributed by atoms with Crippen LogP contribution >= 0.6 is 0 Å². The lowest BCUT2D eigenvalue weighted by Crippen LogP contribution is -2.34. The van der Waals surface area contributed by atoms with Crippen LogP contribution in [0.4, 0.5) is 4.79 Å². The summed E-state index contributed by atoms with van der Waals surface area (Å²) < 4.78 is 10.2. The van der Waals surface area contributed by atoms with Gasteiger partial charge in [0.25, 0.3) is 0 Å². The Kier molecular flexibility index (Phi) is 7.25. The van der Waals surface area contributed by atoms with E-state index in [2.05, 4.69) is 5.32 Å². The maximum atomic E-state index is 11.9. The zero-order chi connectivity index (χ0) is 17.3. The van der Waals surface area contributed by atoms with Gasteiger partial charge in [0.15, 0.2) is 0 Å². The van der Waals surface area contributed by atoms with Gasteiger partial charge in [-0.25, -0.2) is 4.79 Å². The summed E-state index contributed by atoms with van der Waals surface area (Å²) >= 11 is 0. The number of amides is 1. The Morgan fingerprint density at radius 1 is 1.22 bits per heavy atom. The molecule has 0 heterocycles. The number of esters is 1. The number of carbonyl (C=O) groups is 3. The van der Waals surface area contributed by atoms with Crippen molar-refractivity contribution in [3.8, 4) is 0 Å². The molecule has 6 nitrogen and oxygen atoms in total. The van der Waals surface area contributed by atoms with Crippen LogP contribution in [0.2, 0.25) is 0 Å². The number of carbonyl (C=O) groups excluding carboxylic acids is 3. The van der Waals surface area contributed by atoms with Crippen molar-refractivity contribution in [3.63, 3.8) is 0 Å². The van der Waals surface area contributed by atoms with Gasteiger partial charge in [-0.15, -0.1) is 0 Å². The maximum Gasteiger partial charge on any atom is 0.407 e. The van der Waals surface area contributed by atoms with Crippen LogP contribution in [0.1, 0.15) is 32.8 Å². The van der Waals surface area contributed by atoms with Crippen LogP contribution in [-0.2, 0) is 25.7 Å². The monoisotopic (exact) mass is 321 g/mol. The molecule has 0 aliphatic heterocycles. The standard InChI is InChI=1S/C17H23NO5/c1-17(2,3)23-16(21)18-10-9-14(11-19)15(20)22-12-13-7-5-4-6-8-13/h4-8,11,14H,9-10,12H2,1-3H3,(H,18,21). The van der Waals surface area contributed by atoms with Crippen LogP contribution in [0.15, 0.2) is 30.3 Å². The molecule has 0 aliphatic rings. The third kappa shape index (κ3) is 7.99. The molecule has 126 valence electrons. The third-order valence-corrected chi connectivity index (χ3v) is 2.81. The Morgan fingerprint density at radius 2 is 1.87 bits per heavy atom. The summed E-state index contributed by atoms with van der Waals surface area (Å²) in [6, 6.07) is 9.19. The van der Waals surface area contributed by atoms with Crippen molar-refractivity contribution in [1.29, 1.82) is 0 Å². The van der Waals surface area contributed by atoms with Gasteiger partial charge in [0.2, 0.25) is 0 Å². The van der Waals surface area contributed by atoms with Gasteiger partial charge in [-0.3, -0.25) is 4.79 Å². The van der Waals surface area contributed by atoms with Gasteiger partial charge < -0.3 is 19.6 Å². The number of alkyl carbamates (subject to hydrolysis) is 1. The smallest absolute Gasteiger partial charge is 0.407 e. The van der Waals surface area contributed by atoms with E-state index in [0.717, 1.165) is 5.56 Å². The fourth-order valence-corrected chi connectivity index (χ4v) is 1.72. The van der Waals surface area contributed by atoms with E-state index in [-0.39, 0.29) is 19.6 Å². The molecule has 1 aromatic carbocycles. The minimum absolute atomic E-state index is 0.115. The number of aldehydes is 1. The highest BCUT2D eigenvalue weighted by atomic mass is 16.6. The van der Waals surface area contributed by atoms with Crippen LogP contribution < -0.4 is 5.32 Å². The van der Waals surface area contributed by atoms with E-state index in [9.17, 15) is 14.4 Å². The van der Waals surface area contributed by atoms with Gasteiger partial charge in [0.05, 0.1) is 0 Å². The summed E-state index contributed by atoms with van der Waals surface area (Å²) in [6.45, 7) is 5.52. The minimum atomic E-state index is -0.909. The second-order valence-electron chi connectivity index (χ2n) is 6.05. The molecule has 23 heavy (non-hydrogen) atoms. The number of rotatable bonds is 7. The molecule has 0 aliphatic carbocycles. The summed E-state index contributed by atoms with van der Waals surface area (Å²) in [5, 5.41) is 2.50. The van der Waals surface area contributed by atoms with E-state index in [0.29, 0.717) is 6.29 Å². The quantitative estimate of drug-likeness (QED) is 0.474. The molecule has 1 unspecified atom stereocenters. The van der Waals surface area contributed by atoms with E-state index in [1.165, 1.54) is 0 Å². The number of ether oxygens (including phenoxy) is 2. The highest BCUT2D eigenvalue weighted by Gasteiger charge is 2.20. The minimum Gasteiger partial charge on any atom is -0.460 e. The predicted molar refractivity (Wildman–Crippen MR) is 84.6 cm³/mol. The summed E-state index contributed by atoms with van der Waals surface area (Å²) in [5.41, 5.74) is 0.250. The summed E-state index contributed by atoms with van der Waals surface area (Å²) in [7, 11) is 0. The molecule has 0 saturated carbocycles. The maximum absolute atomic E-state index is 11.9. The molecule has 0 saturated heterocycles. The van der Waals surface area contributed by atoms with Gasteiger partial charge >= 0.3 is 12.1 Å². The first kappa shape index (κ1) is 18.7. The van der Waals surface area contributed by atoms with Crippen molar-refractivity contribution >= 4 is 18.3 Å². The first-order chi connectivity index (χ1) is 10.8. The van der Waals surface area contributed by atoms with Crippen molar-refractivity contribution in [2.24, 2.45) is 5.92 Å². The second kappa shape index (κ2) is 8.92. The molecule has 1 amide bonds. The predicted octanol–water partition coefficient (Wildman–Crippen LogP) is 2.46. The van der Waals surface area contributed by atoms with Crippen LogP contribution in [0.3, 0.4) is 0 Å². The van der Waals surface area contributed by atoms with Crippen LogP contribution in [0.25, 0.3) is 0 Å². The Morgan fingerprint density at radius 3 is 2.43 bits per heavy atom. The summed E-state index contributed by atoms with van der Waals surface area (Å²) in [5.74, 6) is -1.51. The molecule has 1 N–H and O–H groups in total. The van der Waals surface area contributed by atoms with Crippen molar-refractivity contribution in [2.75, 3.05) is 6.54 Å². The average Bonchev–Trinajstić information content (AvgIpc) is 2.48. The highest BCUT2D eigenvalue weighted by Crippen LogP contribution is 2.08. The number of benzene rings is 1. The molecule has 0 radical (unpaired) electrons. The van der Waals surface area contributed by atoms with E-state index in [4.69, 9.17) is 9.47 Å². The summed E-state index contributed by atoms with van der Waals surface area (Å²) in [4.78, 5) is 34.3. The molecule has 1 rings (SSSR count). The molecule has 1 aromatic rings. The molecule has 0 aromatic heterocycles. The Labute approximate surface area is 136 Å². The van der Waals surface area contributed by atoms with Crippen LogP contribution in [0.5, 0.6) is 0 Å². The Bertz CT molecular complexity index is 522. The van der Waals surface area contributed by atoms with E-state index < -0.39 is 23.6 Å². The number of hydrogen-bond donors (Lipinski definition) is 1. The van der Waals surface area contributed by atoms with Crippen molar-refractivity contribution in [1.82, 2.24) is 5.32 Å². The second-order valence-corrected chi connectivity index (χ2v) is 6.05. The van der Waals surface area contributed by atoms with Gasteiger partial charge in [-0.2, -0.15) is 0 Å². The SMILES string of the molecule is CC(C)(C)OC(=O)NCCC(C=O)C(=O)OCc1ccccc1. The molecule has 0 bridgehead atoms. The highest BCUT2D eigenvalue weighted by molar-refractivity contribution is 5.87. The molecular weight excluding hydrogens is 298 g/mol. The fraction of sp³-hybridized carbons (Fsp3) is 0.471. The van der Waals surface area contributed by atoms with E-state index >= 15 is 0 Å². The van der Waals surface area contributed by atoms with Gasteiger partial charge in [0, 0.05) is 6.54 Å². The first-order valence-electron chi connectivity index (χ1n) is 7.44. The largest absolute Gasteiger partial charge is 0.460 e. The van der Waals surface area contributed by atoms with E-state index in [1.54, 1.807) is 20.8 Å². The topological polar surface area (TPSA) is 81.7 Å². The van der Waals surface area contributed by atoms with Crippen LogP contribution in [-0.4, -0.2) is 30.5 Å². The lowest BCUT2D eigenvalue weighted by Gasteiger charge is -2.20. The number of hydrogen-bond acceptors (Lipinski definition) is 5. The molecule has 0 spiro atoms. The lowest BCUT2D eigenvalue weighted by molar-refractivity contribution is -0.151. The number of nitrogens with one attached hydrogen (secondary N) is 1. The average molecular weight is 321 g/mol. The molecule has 0 fully saturated rings. The first-order valence-corrected chi connectivity index (χ1v) is 7.44. The third-order valence-electron chi connectivity index (χ3n) is 2.81. The fourth-order valence-electron chi connectivity index (χ4n) is 1.72. The zero-order valence-electron chi connectivity index (χ0n) is 13.7. The van der Waals surface area contributed by atoms with Crippen molar-refractivity contribution in [3.05, 3.63) is 35.9 Å².